The molecule has 1 aromatic heterocycles. The van der Waals surface area contributed by atoms with Crippen molar-refractivity contribution in [2.75, 3.05) is 5.32 Å². The Morgan fingerprint density at radius 2 is 1.52 bits per heavy atom. The molecule has 2 amide bonds. The van der Waals surface area contributed by atoms with Crippen LogP contribution < -0.4 is 11.1 Å². The third-order valence-corrected chi connectivity index (χ3v) is 3.95. The first-order valence-corrected chi connectivity index (χ1v) is 7.24. The van der Waals surface area contributed by atoms with Crippen LogP contribution in [0.25, 0.3) is 21.8 Å². The maximum absolute atomic E-state index is 11.2. The molecule has 0 aliphatic rings. The Bertz CT molecular complexity index is 754. The van der Waals surface area contributed by atoms with Crippen LogP contribution in [0, 0.1) is 0 Å². The van der Waals surface area contributed by atoms with Crippen LogP contribution in [0.15, 0.2) is 60.7 Å². The molecular weight excluding hydrogens is 282 g/mol. The second kappa shape index (κ2) is 5.76. The van der Waals surface area contributed by atoms with Gasteiger partial charge < -0.3 is 5.73 Å². The van der Waals surface area contributed by atoms with Gasteiger partial charge in [0.05, 0.1) is 0 Å². The number of anilines is 1. The Morgan fingerprint density at radius 1 is 0.952 bits per heavy atom. The lowest BCUT2D eigenvalue weighted by atomic mass is 10.1. The Morgan fingerprint density at radius 3 is 2.10 bits per heavy atom. The fourth-order valence-corrected chi connectivity index (χ4v) is 3.01. The summed E-state index contributed by atoms with van der Waals surface area (Å²) < 4.78 is 0. The highest BCUT2D eigenvalue weighted by Gasteiger charge is 2.15. The molecule has 5 heteroatoms. The van der Waals surface area contributed by atoms with Gasteiger partial charge in [0, 0.05) is 11.1 Å². The van der Waals surface area contributed by atoms with Crippen molar-refractivity contribution >= 4 is 22.4 Å². The molecule has 3 N–H and O–H groups in total. The van der Waals surface area contributed by atoms with Gasteiger partial charge in [-0.15, -0.1) is 0 Å². The van der Waals surface area contributed by atoms with Crippen LogP contribution in [0.5, 0.6) is 0 Å². The van der Waals surface area contributed by atoms with Gasteiger partial charge in [0.15, 0.2) is 0 Å². The Labute approximate surface area is 126 Å². The first-order chi connectivity index (χ1) is 10.2. The number of carbonyl (C=O) groups excluding carboxylic acids is 1. The molecule has 0 aliphatic heterocycles. The molecule has 0 fully saturated rings. The molecule has 0 atom stereocenters. The van der Waals surface area contributed by atoms with Crippen LogP contribution in [0.3, 0.4) is 0 Å². The smallest absolute Gasteiger partial charge is 0.317 e. The predicted octanol–water partition coefficient (Wildman–Crippen LogP) is 3.97. The van der Waals surface area contributed by atoms with Crippen LogP contribution in [0.2, 0.25) is 0 Å². The largest absolute Gasteiger partial charge is 0.351 e. The van der Waals surface area contributed by atoms with Crippen molar-refractivity contribution in [1.29, 1.82) is 0 Å². The van der Waals surface area contributed by atoms with Crippen LogP contribution in [0.1, 0.15) is 0 Å². The lowest BCUT2D eigenvalue weighted by Crippen LogP contribution is -2.18. The summed E-state index contributed by atoms with van der Waals surface area (Å²) in [7, 11) is 0. The number of nitrogens with zero attached hydrogens (tertiary/aromatic N) is 1. The molecule has 3 aromatic rings. The second-order valence-corrected chi connectivity index (χ2v) is 5.42. The van der Waals surface area contributed by atoms with Gasteiger partial charge in [-0.25, -0.2) is 9.78 Å². The standard InChI is InChI=1S/C16H13N3OS/c17-16(20)19-15-13(11-7-3-1-4-8-11)18-14(21-15)12-9-5-2-6-10-12/h1-10H,(H3,17,19,20). The molecule has 0 saturated carbocycles. The fraction of sp³-hybridized carbons (Fsp3) is 0. The van der Waals surface area contributed by atoms with Crippen LogP contribution in [0.4, 0.5) is 9.80 Å². The highest BCUT2D eigenvalue weighted by atomic mass is 32.1. The number of aromatic nitrogens is 1. The molecule has 0 bridgehead atoms. The van der Waals surface area contributed by atoms with Gasteiger partial charge in [-0.05, 0) is 0 Å². The van der Waals surface area contributed by atoms with Crippen molar-refractivity contribution in [1.82, 2.24) is 4.98 Å². The van der Waals surface area contributed by atoms with Gasteiger partial charge in [0.1, 0.15) is 15.7 Å². The van der Waals surface area contributed by atoms with Crippen molar-refractivity contribution in [2.24, 2.45) is 5.73 Å². The van der Waals surface area contributed by atoms with E-state index in [1.54, 1.807) is 0 Å². The van der Waals surface area contributed by atoms with Crippen LogP contribution in [-0.4, -0.2) is 11.0 Å². The van der Waals surface area contributed by atoms with Crippen LogP contribution >= 0.6 is 11.3 Å². The van der Waals surface area contributed by atoms with E-state index in [0.717, 1.165) is 21.8 Å². The molecular formula is C16H13N3OS. The minimum absolute atomic E-state index is 0.588. The van der Waals surface area contributed by atoms with E-state index in [2.05, 4.69) is 10.3 Å². The van der Waals surface area contributed by atoms with Gasteiger partial charge in [-0.2, -0.15) is 0 Å². The minimum atomic E-state index is -0.588. The summed E-state index contributed by atoms with van der Waals surface area (Å²) in [5, 5.41) is 4.16. The van der Waals surface area contributed by atoms with E-state index in [1.165, 1.54) is 11.3 Å². The number of hydrogen-bond donors (Lipinski definition) is 2. The molecule has 0 spiro atoms. The topological polar surface area (TPSA) is 68.0 Å². The van der Waals surface area contributed by atoms with Crippen molar-refractivity contribution in [2.45, 2.75) is 0 Å². The number of benzene rings is 2. The molecule has 0 radical (unpaired) electrons. The average molecular weight is 295 g/mol. The Balaban J connectivity index is 2.10. The predicted molar refractivity (Wildman–Crippen MR) is 86.2 cm³/mol. The van der Waals surface area contributed by atoms with Gasteiger partial charge in [-0.1, -0.05) is 72.0 Å². The lowest BCUT2D eigenvalue weighted by Gasteiger charge is -2.01. The summed E-state index contributed by atoms with van der Waals surface area (Å²) in [5.41, 5.74) is 7.94. The molecule has 104 valence electrons. The van der Waals surface area contributed by atoms with E-state index in [4.69, 9.17) is 5.73 Å². The van der Waals surface area contributed by atoms with Crippen molar-refractivity contribution in [3.05, 3.63) is 60.7 Å². The van der Waals surface area contributed by atoms with E-state index in [1.807, 2.05) is 60.7 Å². The van der Waals surface area contributed by atoms with E-state index in [9.17, 15) is 4.79 Å². The molecule has 3 rings (SSSR count). The molecule has 2 aromatic carbocycles. The number of nitrogens with two attached hydrogens (primary N) is 1. The van der Waals surface area contributed by atoms with Crippen LogP contribution in [-0.2, 0) is 0 Å². The van der Waals surface area contributed by atoms with Crippen molar-refractivity contribution in [3.63, 3.8) is 0 Å². The second-order valence-electron chi connectivity index (χ2n) is 4.42. The number of rotatable bonds is 3. The normalized spacial score (nSPS) is 10.3. The third kappa shape index (κ3) is 2.93. The summed E-state index contributed by atoms with van der Waals surface area (Å²) in [4.78, 5) is 15.8. The number of thiazole rings is 1. The van der Waals surface area contributed by atoms with E-state index in [-0.39, 0.29) is 0 Å². The zero-order valence-corrected chi connectivity index (χ0v) is 11.9. The molecule has 1 heterocycles. The highest BCUT2D eigenvalue weighted by molar-refractivity contribution is 7.19. The van der Waals surface area contributed by atoms with Gasteiger partial charge >= 0.3 is 6.03 Å². The molecule has 0 unspecified atom stereocenters. The Kier molecular flexibility index (Phi) is 3.66. The molecule has 0 aliphatic carbocycles. The SMILES string of the molecule is NC(=O)Nc1sc(-c2ccccc2)nc1-c1ccccc1. The molecule has 0 saturated heterocycles. The highest BCUT2D eigenvalue weighted by Crippen LogP contribution is 2.37. The monoisotopic (exact) mass is 295 g/mol. The maximum atomic E-state index is 11.2. The summed E-state index contributed by atoms with van der Waals surface area (Å²) in [6.45, 7) is 0. The fourth-order valence-electron chi connectivity index (χ4n) is 2.01. The molecule has 21 heavy (non-hydrogen) atoms. The Hall–Kier alpha value is -2.66. The summed E-state index contributed by atoms with van der Waals surface area (Å²) in [6, 6.07) is 19.0. The summed E-state index contributed by atoms with van der Waals surface area (Å²) >= 11 is 1.41. The van der Waals surface area contributed by atoms with E-state index in [0.29, 0.717) is 5.00 Å². The number of nitrogens with one attached hydrogen (secondary N) is 1. The number of urea groups is 1. The maximum Gasteiger partial charge on any atom is 0.317 e. The van der Waals surface area contributed by atoms with E-state index < -0.39 is 6.03 Å². The number of amides is 2. The van der Waals surface area contributed by atoms with Gasteiger partial charge in [0.25, 0.3) is 0 Å². The summed E-state index contributed by atoms with van der Waals surface area (Å²) in [6.07, 6.45) is 0. The average Bonchev–Trinajstić information content (AvgIpc) is 2.92. The number of carbonyl (C=O) groups is 1. The van der Waals surface area contributed by atoms with Crippen molar-refractivity contribution in [3.8, 4) is 21.8 Å². The first kappa shape index (κ1) is 13.3. The minimum Gasteiger partial charge on any atom is -0.351 e. The zero-order valence-electron chi connectivity index (χ0n) is 11.1. The number of primary amides is 1. The van der Waals surface area contributed by atoms with E-state index >= 15 is 0 Å². The lowest BCUT2D eigenvalue weighted by molar-refractivity contribution is 0.259. The zero-order chi connectivity index (χ0) is 14.7. The number of hydrogen-bond acceptors (Lipinski definition) is 3. The third-order valence-electron chi connectivity index (χ3n) is 2.93. The van der Waals surface area contributed by atoms with Gasteiger partial charge in [-0.3, -0.25) is 5.32 Å². The first-order valence-electron chi connectivity index (χ1n) is 6.42. The quantitative estimate of drug-likeness (QED) is 0.767. The van der Waals surface area contributed by atoms with Crippen molar-refractivity contribution < 1.29 is 4.79 Å². The molecule has 4 nitrogen and oxygen atoms in total. The summed E-state index contributed by atoms with van der Waals surface area (Å²) in [5.74, 6) is 0. The van der Waals surface area contributed by atoms with Gasteiger partial charge in [0.2, 0.25) is 0 Å².